The Morgan fingerprint density at radius 2 is 1.66 bits per heavy atom. The van der Waals surface area contributed by atoms with E-state index in [2.05, 4.69) is 23.2 Å². The molecule has 4 rings (SSSR count). The Kier molecular flexibility index (Phi) is 5.89. The lowest BCUT2D eigenvalue weighted by molar-refractivity contribution is 0.302. The fraction of sp³-hybridized carbons (Fsp3) is 0.0800. The Labute approximate surface area is 175 Å². The van der Waals surface area contributed by atoms with Crippen LogP contribution in [0.15, 0.2) is 84.9 Å². The van der Waals surface area contributed by atoms with Crippen LogP contribution in [0.1, 0.15) is 16.8 Å². The zero-order chi connectivity index (χ0) is 20.1. The van der Waals surface area contributed by atoms with Crippen molar-refractivity contribution >= 4 is 34.2 Å². The van der Waals surface area contributed by atoms with E-state index in [0.717, 1.165) is 44.1 Å². The highest BCUT2D eigenvalue weighted by Crippen LogP contribution is 2.22. The van der Waals surface area contributed by atoms with Gasteiger partial charge in [0.25, 0.3) is 0 Å². The number of fused-ring (bicyclic) bond motifs is 1. The second kappa shape index (κ2) is 8.91. The molecular weight excluding hydrogens is 380 g/mol. The third-order valence-electron chi connectivity index (χ3n) is 4.70. The number of nitrogens with zero attached hydrogens (tertiary/aromatic N) is 1. The number of ether oxygens (including phenoxy) is 1. The Balaban J connectivity index is 1.45. The van der Waals surface area contributed by atoms with Gasteiger partial charge < -0.3 is 10.5 Å². The fourth-order valence-electron chi connectivity index (χ4n) is 3.13. The van der Waals surface area contributed by atoms with E-state index in [4.69, 9.17) is 22.1 Å². The molecule has 1 aromatic heterocycles. The molecule has 0 aliphatic carbocycles. The molecule has 29 heavy (non-hydrogen) atoms. The number of aromatic nitrogens is 1. The molecule has 0 atom stereocenters. The summed E-state index contributed by atoms with van der Waals surface area (Å²) in [6.07, 6.45) is 2.07. The van der Waals surface area contributed by atoms with Gasteiger partial charge in [-0.2, -0.15) is 0 Å². The third kappa shape index (κ3) is 4.83. The number of rotatable bonds is 6. The molecule has 0 unspecified atom stereocenters. The fourth-order valence-corrected chi connectivity index (χ4v) is 3.26. The third-order valence-corrected chi connectivity index (χ3v) is 4.95. The van der Waals surface area contributed by atoms with Crippen LogP contribution < -0.4 is 10.5 Å². The summed E-state index contributed by atoms with van der Waals surface area (Å²) in [6.45, 7) is 0.873. The first-order valence-electron chi connectivity index (χ1n) is 9.45. The standard InChI is InChI=1S/C25H21ClN2O/c26-22-10-5-18(6-11-22)15-21(16-27)19-8-13-24(14-9-19)29-17-23-12-7-20-3-1-2-4-25(20)28-23/h1-15H,16-17,27H2/b21-15-. The van der Waals surface area contributed by atoms with Crippen LogP contribution in [0.3, 0.4) is 0 Å². The molecule has 0 radical (unpaired) electrons. The van der Waals surface area contributed by atoms with Crippen LogP contribution in [0, 0.1) is 0 Å². The summed E-state index contributed by atoms with van der Waals surface area (Å²) in [5.74, 6) is 0.798. The molecule has 0 saturated heterocycles. The van der Waals surface area contributed by atoms with Gasteiger partial charge in [-0.05, 0) is 59.2 Å². The predicted octanol–water partition coefficient (Wildman–Crippen LogP) is 5.97. The molecule has 144 valence electrons. The Morgan fingerprint density at radius 1 is 0.897 bits per heavy atom. The Bertz CT molecular complexity index is 1140. The molecule has 3 nitrogen and oxygen atoms in total. The van der Waals surface area contributed by atoms with Crippen molar-refractivity contribution in [2.45, 2.75) is 6.61 Å². The SMILES string of the molecule is NC/C(=C/c1ccc(Cl)cc1)c1ccc(OCc2ccc3ccccc3n2)cc1. The monoisotopic (exact) mass is 400 g/mol. The highest BCUT2D eigenvalue weighted by molar-refractivity contribution is 6.30. The van der Waals surface area contributed by atoms with E-state index in [1.807, 2.05) is 72.8 Å². The molecule has 4 aromatic rings. The van der Waals surface area contributed by atoms with E-state index in [-0.39, 0.29) is 0 Å². The normalized spacial score (nSPS) is 11.6. The van der Waals surface area contributed by atoms with E-state index < -0.39 is 0 Å². The average molecular weight is 401 g/mol. The van der Waals surface area contributed by atoms with E-state index in [1.54, 1.807) is 0 Å². The quantitative estimate of drug-likeness (QED) is 0.406. The lowest BCUT2D eigenvalue weighted by Gasteiger charge is -2.09. The first kappa shape index (κ1) is 19.2. The van der Waals surface area contributed by atoms with Crippen LogP contribution in [0.25, 0.3) is 22.6 Å². The van der Waals surface area contributed by atoms with Crippen molar-refractivity contribution in [1.82, 2.24) is 4.98 Å². The van der Waals surface area contributed by atoms with Gasteiger partial charge in [-0.1, -0.05) is 60.1 Å². The number of nitrogens with two attached hydrogens (primary N) is 1. The maximum absolute atomic E-state index is 5.97. The number of para-hydroxylation sites is 1. The zero-order valence-corrected chi connectivity index (χ0v) is 16.6. The smallest absolute Gasteiger partial charge is 0.130 e. The lowest BCUT2D eigenvalue weighted by Crippen LogP contribution is -2.02. The van der Waals surface area contributed by atoms with Crippen LogP contribution in [-0.4, -0.2) is 11.5 Å². The summed E-state index contributed by atoms with van der Waals surface area (Å²) < 4.78 is 5.91. The molecule has 0 aliphatic heterocycles. The van der Waals surface area contributed by atoms with Crippen molar-refractivity contribution in [3.63, 3.8) is 0 Å². The molecule has 3 aromatic carbocycles. The van der Waals surface area contributed by atoms with E-state index >= 15 is 0 Å². The van der Waals surface area contributed by atoms with Gasteiger partial charge in [0.05, 0.1) is 11.2 Å². The minimum absolute atomic E-state index is 0.425. The maximum Gasteiger partial charge on any atom is 0.130 e. The predicted molar refractivity (Wildman–Crippen MR) is 121 cm³/mol. The van der Waals surface area contributed by atoms with Crippen molar-refractivity contribution in [2.75, 3.05) is 6.54 Å². The van der Waals surface area contributed by atoms with Gasteiger partial charge in [0.2, 0.25) is 0 Å². The molecule has 0 bridgehead atoms. The van der Waals surface area contributed by atoms with Crippen molar-refractivity contribution in [3.05, 3.63) is 107 Å². The number of hydrogen-bond donors (Lipinski definition) is 1. The molecular formula is C25H21ClN2O. The number of halogens is 1. The van der Waals surface area contributed by atoms with Crippen molar-refractivity contribution in [1.29, 1.82) is 0 Å². The van der Waals surface area contributed by atoms with Gasteiger partial charge in [-0.25, -0.2) is 4.98 Å². The van der Waals surface area contributed by atoms with Gasteiger partial charge in [0.1, 0.15) is 12.4 Å². The second-order valence-corrected chi connectivity index (χ2v) is 7.17. The number of benzene rings is 3. The highest BCUT2D eigenvalue weighted by Gasteiger charge is 2.03. The number of hydrogen-bond acceptors (Lipinski definition) is 3. The largest absolute Gasteiger partial charge is 0.487 e. The maximum atomic E-state index is 5.97. The molecule has 0 fully saturated rings. The highest BCUT2D eigenvalue weighted by atomic mass is 35.5. The summed E-state index contributed by atoms with van der Waals surface area (Å²) in [7, 11) is 0. The van der Waals surface area contributed by atoms with Crippen molar-refractivity contribution in [3.8, 4) is 5.75 Å². The second-order valence-electron chi connectivity index (χ2n) is 6.73. The summed E-state index contributed by atoms with van der Waals surface area (Å²) in [5, 5.41) is 1.85. The minimum atomic E-state index is 0.425. The first-order chi connectivity index (χ1) is 14.2. The minimum Gasteiger partial charge on any atom is -0.487 e. The molecule has 2 N–H and O–H groups in total. The average Bonchev–Trinajstić information content (AvgIpc) is 2.77. The topological polar surface area (TPSA) is 48.1 Å². The summed E-state index contributed by atoms with van der Waals surface area (Å²) in [5.41, 5.74) is 11.0. The van der Waals surface area contributed by atoms with Gasteiger partial charge in [-0.15, -0.1) is 0 Å². The van der Waals surface area contributed by atoms with Crippen molar-refractivity contribution < 1.29 is 4.74 Å². The van der Waals surface area contributed by atoms with Crippen LogP contribution in [0.4, 0.5) is 0 Å². The first-order valence-corrected chi connectivity index (χ1v) is 9.83. The van der Waals surface area contributed by atoms with Crippen LogP contribution in [-0.2, 0) is 6.61 Å². The molecule has 4 heteroatoms. The molecule has 0 amide bonds. The Morgan fingerprint density at radius 3 is 2.41 bits per heavy atom. The molecule has 0 saturated carbocycles. The van der Waals surface area contributed by atoms with Crippen molar-refractivity contribution in [2.24, 2.45) is 5.73 Å². The zero-order valence-electron chi connectivity index (χ0n) is 15.9. The van der Waals surface area contributed by atoms with Crippen LogP contribution >= 0.6 is 11.6 Å². The number of pyridine rings is 1. The molecule has 0 aliphatic rings. The van der Waals surface area contributed by atoms with E-state index in [0.29, 0.717) is 13.2 Å². The molecule has 1 heterocycles. The van der Waals surface area contributed by atoms with Gasteiger partial charge >= 0.3 is 0 Å². The van der Waals surface area contributed by atoms with Gasteiger partial charge in [0.15, 0.2) is 0 Å². The van der Waals surface area contributed by atoms with E-state index in [9.17, 15) is 0 Å². The van der Waals surface area contributed by atoms with Crippen LogP contribution in [0.5, 0.6) is 5.75 Å². The van der Waals surface area contributed by atoms with Crippen LogP contribution in [0.2, 0.25) is 5.02 Å². The van der Waals surface area contributed by atoms with Gasteiger partial charge in [0, 0.05) is 17.0 Å². The van der Waals surface area contributed by atoms with E-state index in [1.165, 1.54) is 0 Å². The lowest BCUT2D eigenvalue weighted by atomic mass is 10.0. The van der Waals surface area contributed by atoms with Gasteiger partial charge in [-0.3, -0.25) is 0 Å². The summed E-state index contributed by atoms with van der Waals surface area (Å²) >= 11 is 5.96. The summed E-state index contributed by atoms with van der Waals surface area (Å²) in [6, 6.07) is 27.8. The Hall–Kier alpha value is -3.14. The molecule has 0 spiro atoms. The summed E-state index contributed by atoms with van der Waals surface area (Å²) in [4.78, 5) is 4.64.